The maximum Gasteiger partial charge on any atom is 0.251 e. The summed E-state index contributed by atoms with van der Waals surface area (Å²) in [5.41, 5.74) is 4.03. The van der Waals surface area contributed by atoms with E-state index in [4.69, 9.17) is 16.3 Å². The number of carbonyl (C=O) groups excluding carboxylic acids is 1. The van der Waals surface area contributed by atoms with Gasteiger partial charge in [0.1, 0.15) is 5.75 Å². The van der Waals surface area contributed by atoms with Gasteiger partial charge in [-0.25, -0.2) is 0 Å². The van der Waals surface area contributed by atoms with Crippen molar-refractivity contribution in [2.75, 3.05) is 19.0 Å². The van der Waals surface area contributed by atoms with Crippen molar-refractivity contribution in [1.82, 2.24) is 0 Å². The molecule has 0 saturated carbocycles. The largest absolute Gasteiger partial charge is 0.497 e. The van der Waals surface area contributed by atoms with Gasteiger partial charge in [-0.3, -0.25) is 4.79 Å². The van der Waals surface area contributed by atoms with Crippen LogP contribution in [0.25, 0.3) is 11.1 Å². The highest BCUT2D eigenvalue weighted by Gasteiger charge is 2.20. The van der Waals surface area contributed by atoms with Crippen LogP contribution in [0.15, 0.2) is 53.6 Å². The third-order valence-electron chi connectivity index (χ3n) is 4.43. The average molecular weight is 358 g/mol. The summed E-state index contributed by atoms with van der Waals surface area (Å²) in [7, 11) is 1.63. The minimum Gasteiger partial charge on any atom is -0.497 e. The van der Waals surface area contributed by atoms with Gasteiger partial charge in [0.25, 0.3) is 5.91 Å². The van der Waals surface area contributed by atoms with E-state index < -0.39 is 0 Å². The molecule has 0 heterocycles. The number of amides is 1. The molecule has 0 aromatic heterocycles. The van der Waals surface area contributed by atoms with Gasteiger partial charge < -0.3 is 15.2 Å². The third kappa shape index (κ3) is 3.86. The zero-order valence-electron chi connectivity index (χ0n) is 14.0. The molecule has 0 unspecified atom stereocenters. The Morgan fingerprint density at radius 3 is 2.60 bits per heavy atom. The van der Waals surface area contributed by atoms with E-state index in [0.29, 0.717) is 22.7 Å². The zero-order chi connectivity index (χ0) is 17.8. The molecular weight excluding hydrogens is 338 g/mol. The lowest BCUT2D eigenvalue weighted by atomic mass is 10.0. The Hall–Kier alpha value is -2.30. The summed E-state index contributed by atoms with van der Waals surface area (Å²) in [5, 5.41) is 12.8. The van der Waals surface area contributed by atoms with Crippen LogP contribution < -0.4 is 10.1 Å². The smallest absolute Gasteiger partial charge is 0.251 e. The summed E-state index contributed by atoms with van der Waals surface area (Å²) in [6, 6.07) is 13.1. The van der Waals surface area contributed by atoms with E-state index in [-0.39, 0.29) is 12.5 Å². The van der Waals surface area contributed by atoms with Crippen LogP contribution in [-0.4, -0.2) is 24.7 Å². The van der Waals surface area contributed by atoms with Crippen molar-refractivity contribution in [1.29, 1.82) is 0 Å². The number of nitrogens with one attached hydrogen (secondary N) is 1. The van der Waals surface area contributed by atoms with Gasteiger partial charge in [0.15, 0.2) is 0 Å². The first kappa shape index (κ1) is 17.5. The number of anilines is 1. The minimum atomic E-state index is -0.158. The van der Waals surface area contributed by atoms with Crippen molar-refractivity contribution in [3.8, 4) is 16.9 Å². The highest BCUT2D eigenvalue weighted by Crippen LogP contribution is 2.32. The highest BCUT2D eigenvalue weighted by molar-refractivity contribution is 6.33. The maximum absolute atomic E-state index is 12.4. The fraction of sp³-hybridized carbons (Fsp3) is 0.250. The first-order valence-corrected chi connectivity index (χ1v) is 8.57. The molecule has 0 atom stereocenters. The molecule has 2 aromatic carbocycles. The monoisotopic (exact) mass is 357 g/mol. The first-order chi connectivity index (χ1) is 12.1. The van der Waals surface area contributed by atoms with E-state index in [1.165, 1.54) is 0 Å². The molecule has 3 rings (SSSR count). The fourth-order valence-electron chi connectivity index (χ4n) is 3.06. The second-order valence-electron chi connectivity index (χ2n) is 5.97. The standard InChI is InChI=1S/C20H20ClNO3/c1-25-16-8-5-13(6-9-16)17-10-7-15(11-19(17)21)22-20(24)18-4-2-3-14(18)12-23/h5-11,23H,2-4,12H2,1H3,(H,22,24). The molecule has 25 heavy (non-hydrogen) atoms. The van der Waals surface area contributed by atoms with Crippen LogP contribution in [-0.2, 0) is 4.79 Å². The molecule has 0 bridgehead atoms. The van der Waals surface area contributed by atoms with Crippen molar-refractivity contribution < 1.29 is 14.6 Å². The predicted molar refractivity (Wildman–Crippen MR) is 100 cm³/mol. The Kier molecular flexibility index (Phi) is 5.41. The second kappa shape index (κ2) is 7.72. The van der Waals surface area contributed by atoms with E-state index in [1.54, 1.807) is 13.2 Å². The highest BCUT2D eigenvalue weighted by atomic mass is 35.5. The van der Waals surface area contributed by atoms with Crippen LogP contribution in [0, 0.1) is 0 Å². The normalized spacial score (nSPS) is 13.9. The van der Waals surface area contributed by atoms with Gasteiger partial charge in [-0.1, -0.05) is 29.8 Å². The summed E-state index contributed by atoms with van der Waals surface area (Å²) in [6.07, 6.45) is 2.41. The quantitative estimate of drug-likeness (QED) is 0.832. The first-order valence-electron chi connectivity index (χ1n) is 8.19. The molecule has 1 aliphatic rings. The number of benzene rings is 2. The van der Waals surface area contributed by atoms with E-state index in [2.05, 4.69) is 5.32 Å². The lowest BCUT2D eigenvalue weighted by molar-refractivity contribution is -0.113. The molecule has 130 valence electrons. The lowest BCUT2D eigenvalue weighted by Crippen LogP contribution is -2.15. The molecule has 0 radical (unpaired) electrons. The number of carbonyl (C=O) groups is 1. The van der Waals surface area contributed by atoms with Crippen molar-refractivity contribution in [3.05, 3.63) is 58.6 Å². The predicted octanol–water partition coefficient (Wildman–Crippen LogP) is 4.43. The van der Waals surface area contributed by atoms with Gasteiger partial charge >= 0.3 is 0 Å². The molecule has 5 heteroatoms. The van der Waals surface area contributed by atoms with E-state index in [0.717, 1.165) is 35.3 Å². The molecule has 0 spiro atoms. The second-order valence-corrected chi connectivity index (χ2v) is 6.38. The van der Waals surface area contributed by atoms with Crippen LogP contribution in [0.3, 0.4) is 0 Å². The van der Waals surface area contributed by atoms with Gasteiger partial charge in [-0.05, 0) is 54.7 Å². The number of rotatable bonds is 5. The Bertz CT molecular complexity index is 812. The topological polar surface area (TPSA) is 58.6 Å². The molecule has 1 aliphatic carbocycles. The molecular formula is C20H20ClNO3. The Morgan fingerprint density at radius 1 is 1.20 bits per heavy atom. The van der Waals surface area contributed by atoms with Gasteiger partial charge in [0.2, 0.25) is 0 Å². The van der Waals surface area contributed by atoms with Crippen LogP contribution in [0.4, 0.5) is 5.69 Å². The van der Waals surface area contributed by atoms with Crippen LogP contribution in [0.2, 0.25) is 5.02 Å². The van der Waals surface area contributed by atoms with Crippen molar-refractivity contribution in [3.63, 3.8) is 0 Å². The summed E-state index contributed by atoms with van der Waals surface area (Å²) in [6.45, 7) is -0.0556. The SMILES string of the molecule is COc1ccc(-c2ccc(NC(=O)C3=C(CO)CCC3)cc2Cl)cc1. The maximum atomic E-state index is 12.4. The Morgan fingerprint density at radius 2 is 1.96 bits per heavy atom. The number of aliphatic hydroxyl groups is 1. The van der Waals surface area contributed by atoms with E-state index in [9.17, 15) is 9.90 Å². The summed E-state index contributed by atoms with van der Waals surface area (Å²) in [4.78, 5) is 12.4. The van der Waals surface area contributed by atoms with Gasteiger partial charge in [0, 0.05) is 16.8 Å². The van der Waals surface area contributed by atoms with E-state index >= 15 is 0 Å². The number of methoxy groups -OCH3 is 1. The molecule has 0 aliphatic heterocycles. The van der Waals surface area contributed by atoms with Crippen LogP contribution in [0.5, 0.6) is 5.75 Å². The van der Waals surface area contributed by atoms with Crippen LogP contribution >= 0.6 is 11.6 Å². The van der Waals surface area contributed by atoms with Crippen LogP contribution in [0.1, 0.15) is 19.3 Å². The van der Waals surface area contributed by atoms with Crippen molar-refractivity contribution in [2.24, 2.45) is 0 Å². The summed E-state index contributed by atoms with van der Waals surface area (Å²) >= 11 is 6.40. The average Bonchev–Trinajstić information content (AvgIpc) is 3.11. The molecule has 2 N–H and O–H groups in total. The minimum absolute atomic E-state index is 0.0556. The number of hydrogen-bond acceptors (Lipinski definition) is 3. The van der Waals surface area contributed by atoms with Gasteiger partial charge in [0.05, 0.1) is 18.7 Å². The summed E-state index contributed by atoms with van der Waals surface area (Å²) < 4.78 is 5.16. The zero-order valence-corrected chi connectivity index (χ0v) is 14.8. The molecule has 2 aromatic rings. The molecule has 0 fully saturated rings. The van der Waals surface area contributed by atoms with Gasteiger partial charge in [-0.15, -0.1) is 0 Å². The number of aliphatic hydroxyl groups excluding tert-OH is 1. The Labute approximate surface area is 152 Å². The van der Waals surface area contributed by atoms with Crippen molar-refractivity contribution in [2.45, 2.75) is 19.3 Å². The van der Waals surface area contributed by atoms with E-state index in [1.807, 2.05) is 36.4 Å². The lowest BCUT2D eigenvalue weighted by Gasteiger charge is -2.11. The molecule has 0 saturated heterocycles. The fourth-order valence-corrected chi connectivity index (χ4v) is 3.35. The number of halogens is 1. The van der Waals surface area contributed by atoms with Crippen molar-refractivity contribution >= 4 is 23.2 Å². The number of hydrogen-bond donors (Lipinski definition) is 2. The number of ether oxygens (including phenoxy) is 1. The van der Waals surface area contributed by atoms with Gasteiger partial charge in [-0.2, -0.15) is 0 Å². The Balaban J connectivity index is 1.78. The summed E-state index contributed by atoms with van der Waals surface area (Å²) in [5.74, 6) is 0.628. The molecule has 1 amide bonds. The third-order valence-corrected chi connectivity index (χ3v) is 4.74. The molecule has 4 nitrogen and oxygen atoms in total.